The van der Waals surface area contributed by atoms with E-state index >= 15 is 0 Å². The molecule has 0 aliphatic carbocycles. The van der Waals surface area contributed by atoms with Crippen molar-refractivity contribution < 1.29 is 14.7 Å². The third-order valence-corrected chi connectivity index (χ3v) is 4.68. The molecule has 2 heterocycles. The fraction of sp³-hybridized carbons (Fsp3) is 0.250. The van der Waals surface area contributed by atoms with E-state index in [0.29, 0.717) is 11.3 Å². The van der Waals surface area contributed by atoms with Gasteiger partial charge in [0.2, 0.25) is 0 Å². The number of nitrogens with zero attached hydrogens (tertiary/aromatic N) is 2. The monoisotopic (exact) mass is 414 g/mol. The predicted molar refractivity (Wildman–Crippen MR) is 103 cm³/mol. The lowest BCUT2D eigenvalue weighted by molar-refractivity contribution is -0.118. The fourth-order valence-electron chi connectivity index (χ4n) is 3.12. The molecule has 1 N–H and O–H groups in total. The van der Waals surface area contributed by atoms with Crippen molar-refractivity contribution in [1.82, 2.24) is 4.98 Å². The number of aromatic nitrogens is 1. The lowest BCUT2D eigenvalue weighted by Gasteiger charge is -2.27. The maximum Gasteiger partial charge on any atom is 0.294 e. The summed E-state index contributed by atoms with van der Waals surface area (Å²) in [5.74, 6) is -1.17. The highest BCUT2D eigenvalue weighted by Gasteiger charge is 2.44. The molecular formula is C20H19BrN2O3. The molecule has 1 aromatic heterocycles. The Hall–Kier alpha value is -2.47. The molecule has 0 spiro atoms. The number of pyridine rings is 1. The number of aliphatic hydroxyl groups excluding tert-OH is 1. The van der Waals surface area contributed by atoms with Gasteiger partial charge in [-0.15, -0.1) is 0 Å². The maximum absolute atomic E-state index is 12.8. The molecule has 0 bridgehead atoms. The molecule has 1 amide bonds. The number of aliphatic hydroxyl groups is 1. The molecule has 0 saturated carbocycles. The molecule has 3 rings (SSSR count). The van der Waals surface area contributed by atoms with E-state index in [1.165, 1.54) is 4.90 Å². The first kappa shape index (κ1) is 18.3. The Morgan fingerprint density at radius 1 is 1.31 bits per heavy atom. The standard InChI is InChI=1S/C20H19BrN2O3/c1-12(2)9-16(24)17-18(13-5-4-8-22-11-13)23(20(26)19(17)25)15-7-3-6-14(21)10-15/h3-8,10-12,18,25H,9H2,1-2H3. The van der Waals surface area contributed by atoms with Crippen molar-refractivity contribution in [2.24, 2.45) is 5.92 Å². The van der Waals surface area contributed by atoms with Crippen molar-refractivity contribution in [2.75, 3.05) is 4.90 Å². The Balaban J connectivity index is 2.14. The molecular weight excluding hydrogens is 396 g/mol. The number of hydrogen-bond acceptors (Lipinski definition) is 4. The van der Waals surface area contributed by atoms with Crippen molar-refractivity contribution in [3.05, 3.63) is 70.2 Å². The molecule has 1 unspecified atom stereocenters. The van der Waals surface area contributed by atoms with Crippen molar-refractivity contribution >= 4 is 33.3 Å². The Kier molecular flexibility index (Phi) is 5.23. The number of amides is 1. The number of anilines is 1. The molecule has 0 saturated heterocycles. The summed E-state index contributed by atoms with van der Waals surface area (Å²) < 4.78 is 0.800. The van der Waals surface area contributed by atoms with Gasteiger partial charge >= 0.3 is 0 Å². The van der Waals surface area contributed by atoms with Gasteiger partial charge in [0.15, 0.2) is 11.5 Å². The first-order valence-corrected chi connectivity index (χ1v) is 9.14. The van der Waals surface area contributed by atoms with E-state index in [1.54, 1.807) is 42.7 Å². The van der Waals surface area contributed by atoms with Crippen LogP contribution in [0.4, 0.5) is 5.69 Å². The molecule has 1 aliphatic heterocycles. The van der Waals surface area contributed by atoms with E-state index in [2.05, 4.69) is 20.9 Å². The van der Waals surface area contributed by atoms with Crippen LogP contribution < -0.4 is 4.90 Å². The number of benzene rings is 1. The van der Waals surface area contributed by atoms with E-state index < -0.39 is 17.7 Å². The number of carbonyl (C=O) groups is 2. The summed E-state index contributed by atoms with van der Waals surface area (Å²) in [6.45, 7) is 3.86. The molecule has 1 aliphatic rings. The highest BCUT2D eigenvalue weighted by molar-refractivity contribution is 9.10. The second-order valence-electron chi connectivity index (χ2n) is 6.63. The van der Waals surface area contributed by atoms with Gasteiger partial charge in [0.1, 0.15) is 0 Å². The van der Waals surface area contributed by atoms with Crippen LogP contribution in [0.25, 0.3) is 0 Å². The summed E-state index contributed by atoms with van der Waals surface area (Å²) in [4.78, 5) is 31.2. The van der Waals surface area contributed by atoms with Crippen molar-refractivity contribution in [2.45, 2.75) is 26.3 Å². The topological polar surface area (TPSA) is 70.5 Å². The minimum absolute atomic E-state index is 0.118. The molecule has 0 radical (unpaired) electrons. The van der Waals surface area contributed by atoms with Crippen LogP contribution in [0.3, 0.4) is 0 Å². The van der Waals surface area contributed by atoms with E-state index in [0.717, 1.165) is 4.47 Å². The van der Waals surface area contributed by atoms with Gasteiger partial charge in [0, 0.05) is 29.0 Å². The van der Waals surface area contributed by atoms with Crippen LogP contribution in [0.15, 0.2) is 64.6 Å². The average Bonchev–Trinajstić information content (AvgIpc) is 2.87. The molecule has 2 aromatic rings. The third-order valence-electron chi connectivity index (χ3n) is 4.19. The van der Waals surface area contributed by atoms with E-state index in [4.69, 9.17) is 0 Å². The Morgan fingerprint density at radius 3 is 2.69 bits per heavy atom. The van der Waals surface area contributed by atoms with Gasteiger partial charge in [-0.2, -0.15) is 0 Å². The second kappa shape index (κ2) is 7.41. The zero-order chi connectivity index (χ0) is 18.8. The number of halogens is 1. The van der Waals surface area contributed by atoms with Crippen LogP contribution in [0.2, 0.25) is 0 Å². The summed E-state index contributed by atoms with van der Waals surface area (Å²) in [7, 11) is 0. The minimum atomic E-state index is -0.697. The smallest absolute Gasteiger partial charge is 0.294 e. The third kappa shape index (κ3) is 3.42. The summed E-state index contributed by atoms with van der Waals surface area (Å²) in [5, 5.41) is 10.5. The predicted octanol–water partition coefficient (Wildman–Crippen LogP) is 4.36. The zero-order valence-corrected chi connectivity index (χ0v) is 16.1. The minimum Gasteiger partial charge on any atom is -0.503 e. The highest BCUT2D eigenvalue weighted by atomic mass is 79.9. The molecule has 1 aromatic carbocycles. The van der Waals surface area contributed by atoms with Gasteiger partial charge in [-0.25, -0.2) is 0 Å². The van der Waals surface area contributed by atoms with Crippen molar-refractivity contribution in [1.29, 1.82) is 0 Å². The molecule has 6 heteroatoms. The van der Waals surface area contributed by atoms with Crippen molar-refractivity contribution in [3.63, 3.8) is 0 Å². The van der Waals surface area contributed by atoms with Gasteiger partial charge in [0.25, 0.3) is 5.91 Å². The summed E-state index contributed by atoms with van der Waals surface area (Å²) in [5.41, 5.74) is 1.41. The van der Waals surface area contributed by atoms with Crippen LogP contribution in [0.1, 0.15) is 31.9 Å². The van der Waals surface area contributed by atoms with E-state index in [9.17, 15) is 14.7 Å². The van der Waals surface area contributed by atoms with Crippen LogP contribution in [0, 0.1) is 5.92 Å². The number of hydrogen-bond donors (Lipinski definition) is 1. The molecule has 26 heavy (non-hydrogen) atoms. The van der Waals surface area contributed by atoms with Crippen molar-refractivity contribution in [3.8, 4) is 0 Å². The Bertz CT molecular complexity index is 878. The number of ketones is 1. The van der Waals surface area contributed by atoms with Gasteiger partial charge in [-0.1, -0.05) is 41.9 Å². The first-order valence-electron chi connectivity index (χ1n) is 8.35. The molecule has 5 nitrogen and oxygen atoms in total. The highest BCUT2D eigenvalue weighted by Crippen LogP contribution is 2.41. The average molecular weight is 415 g/mol. The van der Waals surface area contributed by atoms with Gasteiger partial charge in [-0.3, -0.25) is 19.5 Å². The number of carbonyl (C=O) groups excluding carboxylic acids is 2. The summed E-state index contributed by atoms with van der Waals surface area (Å²) >= 11 is 3.40. The van der Waals surface area contributed by atoms with E-state index in [-0.39, 0.29) is 23.7 Å². The largest absolute Gasteiger partial charge is 0.503 e. The Morgan fingerprint density at radius 2 is 2.08 bits per heavy atom. The van der Waals surface area contributed by atoms with Crippen LogP contribution >= 0.6 is 15.9 Å². The summed E-state index contributed by atoms with van der Waals surface area (Å²) in [6, 6.07) is 10.1. The molecule has 0 fully saturated rings. The molecule has 1 atom stereocenters. The normalized spacial score (nSPS) is 17.3. The Labute approximate surface area is 160 Å². The summed E-state index contributed by atoms with van der Waals surface area (Å²) in [6.07, 6.45) is 3.50. The lowest BCUT2D eigenvalue weighted by atomic mass is 9.93. The number of Topliss-reactive ketones (excluding diaryl/α,β-unsaturated/α-hetero) is 1. The molecule has 134 valence electrons. The first-order chi connectivity index (χ1) is 12.4. The zero-order valence-electron chi connectivity index (χ0n) is 14.5. The fourth-order valence-corrected chi connectivity index (χ4v) is 3.50. The van der Waals surface area contributed by atoms with Crippen LogP contribution in [-0.4, -0.2) is 21.8 Å². The van der Waals surface area contributed by atoms with Gasteiger partial charge in [0.05, 0.1) is 11.6 Å². The quantitative estimate of drug-likeness (QED) is 0.788. The maximum atomic E-state index is 12.8. The van der Waals surface area contributed by atoms with Gasteiger partial charge in [-0.05, 0) is 35.7 Å². The van der Waals surface area contributed by atoms with Gasteiger partial charge < -0.3 is 5.11 Å². The van der Waals surface area contributed by atoms with Crippen LogP contribution in [-0.2, 0) is 9.59 Å². The van der Waals surface area contributed by atoms with Crippen LogP contribution in [0.5, 0.6) is 0 Å². The number of rotatable bonds is 5. The second-order valence-corrected chi connectivity index (χ2v) is 7.54. The lowest BCUT2D eigenvalue weighted by Crippen LogP contribution is -2.31. The SMILES string of the molecule is CC(C)CC(=O)C1=C(O)C(=O)N(c2cccc(Br)c2)C1c1cccnc1. The van der Waals surface area contributed by atoms with E-state index in [1.807, 2.05) is 19.9 Å².